The second-order valence-electron chi connectivity index (χ2n) is 7.36. The molecule has 172 valence electrons. The molecule has 3 amide bonds. The average Bonchev–Trinajstić information content (AvgIpc) is 3.56. The molecule has 0 radical (unpaired) electrons. The van der Waals surface area contributed by atoms with Crippen LogP contribution in [0.5, 0.6) is 0 Å². The summed E-state index contributed by atoms with van der Waals surface area (Å²) < 4.78 is 6.73. The fraction of sp³-hybridized carbons (Fsp3) is 0.120. The molecule has 0 saturated carbocycles. The molecule has 4 rings (SSSR count). The molecule has 2 heterocycles. The summed E-state index contributed by atoms with van der Waals surface area (Å²) in [5.41, 5.74) is 3.43. The molecule has 3 N–H and O–H groups in total. The maximum absolute atomic E-state index is 12.3. The average molecular weight is 457 g/mol. The van der Waals surface area contributed by atoms with E-state index in [1.165, 1.54) is 12.3 Å². The highest BCUT2D eigenvalue weighted by Crippen LogP contribution is 2.23. The zero-order valence-electron chi connectivity index (χ0n) is 18.2. The number of rotatable bonds is 9. The molecule has 2 aromatic heterocycles. The van der Waals surface area contributed by atoms with Crippen LogP contribution in [-0.4, -0.2) is 40.6 Å². The van der Waals surface area contributed by atoms with Gasteiger partial charge in [-0.25, -0.2) is 4.68 Å². The lowest BCUT2D eigenvalue weighted by molar-refractivity contribution is -0.125. The first-order valence-corrected chi connectivity index (χ1v) is 10.6. The molecule has 0 saturated heterocycles. The minimum Gasteiger partial charge on any atom is -0.459 e. The van der Waals surface area contributed by atoms with E-state index in [9.17, 15) is 14.4 Å². The van der Waals surface area contributed by atoms with E-state index in [0.717, 1.165) is 22.5 Å². The topological polar surface area (TPSA) is 118 Å². The number of hydrogen-bond acceptors (Lipinski definition) is 5. The third-order valence-corrected chi connectivity index (χ3v) is 4.93. The van der Waals surface area contributed by atoms with Crippen LogP contribution in [-0.2, 0) is 16.1 Å². The van der Waals surface area contributed by atoms with Gasteiger partial charge in [0, 0.05) is 23.9 Å². The predicted molar refractivity (Wildman–Crippen MR) is 125 cm³/mol. The van der Waals surface area contributed by atoms with Crippen LogP contribution in [0.3, 0.4) is 0 Å². The van der Waals surface area contributed by atoms with Gasteiger partial charge < -0.3 is 20.4 Å². The molecule has 9 nitrogen and oxygen atoms in total. The Balaban J connectivity index is 1.33. The van der Waals surface area contributed by atoms with Crippen molar-refractivity contribution >= 4 is 17.7 Å². The van der Waals surface area contributed by atoms with Crippen LogP contribution in [0, 0.1) is 0 Å². The van der Waals surface area contributed by atoms with Crippen molar-refractivity contribution in [1.82, 2.24) is 25.7 Å². The molecule has 34 heavy (non-hydrogen) atoms. The molecule has 0 aliphatic rings. The van der Waals surface area contributed by atoms with Crippen LogP contribution in [0.25, 0.3) is 16.9 Å². The summed E-state index contributed by atoms with van der Waals surface area (Å²) in [6.07, 6.45) is 3.24. The molecule has 0 aliphatic carbocycles. The van der Waals surface area contributed by atoms with E-state index in [1.54, 1.807) is 10.7 Å². The van der Waals surface area contributed by atoms with Crippen molar-refractivity contribution in [3.8, 4) is 16.9 Å². The van der Waals surface area contributed by atoms with Gasteiger partial charge in [0.2, 0.25) is 11.8 Å². The molecule has 0 atom stereocenters. The number of carbonyl (C=O) groups is 3. The number of para-hydroxylation sites is 1. The zero-order valence-corrected chi connectivity index (χ0v) is 18.2. The second kappa shape index (κ2) is 10.8. The number of furan rings is 1. The van der Waals surface area contributed by atoms with Crippen LogP contribution >= 0.6 is 0 Å². The maximum Gasteiger partial charge on any atom is 0.287 e. The van der Waals surface area contributed by atoms with Crippen molar-refractivity contribution in [1.29, 1.82) is 0 Å². The van der Waals surface area contributed by atoms with Gasteiger partial charge in [0.25, 0.3) is 5.91 Å². The number of hydrogen-bond donors (Lipinski definition) is 3. The van der Waals surface area contributed by atoms with E-state index in [-0.39, 0.29) is 31.3 Å². The van der Waals surface area contributed by atoms with Gasteiger partial charge in [0.1, 0.15) is 0 Å². The monoisotopic (exact) mass is 457 g/mol. The maximum atomic E-state index is 12.3. The van der Waals surface area contributed by atoms with E-state index in [1.807, 2.05) is 66.9 Å². The third kappa shape index (κ3) is 5.77. The third-order valence-electron chi connectivity index (χ3n) is 4.93. The highest BCUT2D eigenvalue weighted by Gasteiger charge is 2.14. The van der Waals surface area contributed by atoms with Crippen LogP contribution in [0.15, 0.2) is 89.7 Å². The Morgan fingerprint density at radius 2 is 1.47 bits per heavy atom. The minimum absolute atomic E-state index is 0.107. The predicted octanol–water partition coefficient (Wildman–Crippen LogP) is 2.29. The van der Waals surface area contributed by atoms with Gasteiger partial charge in [-0.3, -0.25) is 14.4 Å². The van der Waals surface area contributed by atoms with Crippen LogP contribution in [0.2, 0.25) is 0 Å². The number of benzene rings is 2. The summed E-state index contributed by atoms with van der Waals surface area (Å²) in [4.78, 5) is 36.0. The Morgan fingerprint density at radius 1 is 0.794 bits per heavy atom. The van der Waals surface area contributed by atoms with Gasteiger partial charge in [-0.15, -0.1) is 0 Å². The molecule has 0 aliphatic heterocycles. The van der Waals surface area contributed by atoms with E-state index < -0.39 is 11.8 Å². The normalized spacial score (nSPS) is 10.5. The van der Waals surface area contributed by atoms with Gasteiger partial charge in [0.15, 0.2) is 5.76 Å². The summed E-state index contributed by atoms with van der Waals surface area (Å²) >= 11 is 0. The first kappa shape index (κ1) is 22.5. The Kier molecular flexibility index (Phi) is 7.14. The van der Waals surface area contributed by atoms with Crippen LogP contribution in [0.4, 0.5) is 0 Å². The Bertz CT molecular complexity index is 1250. The fourth-order valence-electron chi connectivity index (χ4n) is 3.24. The second-order valence-corrected chi connectivity index (χ2v) is 7.36. The Labute approximate surface area is 195 Å². The fourth-order valence-corrected chi connectivity index (χ4v) is 3.24. The van der Waals surface area contributed by atoms with Gasteiger partial charge in [-0.2, -0.15) is 5.10 Å². The number of amides is 3. The number of aromatic nitrogens is 2. The first-order valence-electron chi connectivity index (χ1n) is 10.6. The van der Waals surface area contributed by atoms with Crippen molar-refractivity contribution in [3.63, 3.8) is 0 Å². The van der Waals surface area contributed by atoms with E-state index in [2.05, 4.69) is 16.0 Å². The zero-order chi connectivity index (χ0) is 23.8. The van der Waals surface area contributed by atoms with Crippen molar-refractivity contribution in [2.45, 2.75) is 6.54 Å². The molecular formula is C25H23N5O4. The van der Waals surface area contributed by atoms with Crippen molar-refractivity contribution in [3.05, 3.63) is 96.6 Å². The largest absolute Gasteiger partial charge is 0.459 e. The van der Waals surface area contributed by atoms with Crippen molar-refractivity contribution < 1.29 is 18.8 Å². The number of nitrogens with one attached hydrogen (secondary N) is 3. The summed E-state index contributed by atoms with van der Waals surface area (Å²) in [5.74, 6) is -1.25. The molecule has 9 heteroatoms. The SMILES string of the molecule is O=C(CNC(=O)CNC(=O)c1ccco1)NCc1cn(-c2ccccc2)nc1-c1ccccc1. The molecular weight excluding hydrogens is 434 g/mol. The van der Waals surface area contributed by atoms with E-state index in [4.69, 9.17) is 9.52 Å². The Hall–Kier alpha value is -4.66. The lowest BCUT2D eigenvalue weighted by Crippen LogP contribution is -2.41. The number of carbonyl (C=O) groups excluding carboxylic acids is 3. The van der Waals surface area contributed by atoms with Gasteiger partial charge >= 0.3 is 0 Å². The summed E-state index contributed by atoms with van der Waals surface area (Å²) in [5, 5.41) is 12.4. The standard InChI is InChI=1S/C25H23N5O4/c31-22(15-27-23(32)16-28-25(33)21-12-7-13-34-21)26-14-19-17-30(20-10-5-2-6-11-20)29-24(19)18-8-3-1-4-9-18/h1-13,17H,14-16H2,(H,26,31)(H,27,32)(H,28,33). The number of nitrogens with zero attached hydrogens (tertiary/aromatic N) is 2. The lowest BCUT2D eigenvalue weighted by atomic mass is 10.1. The first-order chi connectivity index (χ1) is 16.6. The highest BCUT2D eigenvalue weighted by molar-refractivity contribution is 5.94. The molecule has 0 spiro atoms. The summed E-state index contributed by atoms with van der Waals surface area (Å²) in [6.45, 7) is -0.251. The van der Waals surface area contributed by atoms with Crippen molar-refractivity contribution in [2.75, 3.05) is 13.1 Å². The smallest absolute Gasteiger partial charge is 0.287 e. The quantitative estimate of drug-likeness (QED) is 0.356. The molecule has 4 aromatic rings. The summed E-state index contributed by atoms with van der Waals surface area (Å²) in [6, 6.07) is 22.5. The highest BCUT2D eigenvalue weighted by atomic mass is 16.3. The molecule has 0 fully saturated rings. The van der Waals surface area contributed by atoms with Gasteiger partial charge in [-0.05, 0) is 24.3 Å². The molecule has 0 unspecified atom stereocenters. The molecule has 2 aromatic carbocycles. The summed E-state index contributed by atoms with van der Waals surface area (Å²) in [7, 11) is 0. The van der Waals surface area contributed by atoms with Gasteiger partial charge in [0.05, 0.1) is 30.7 Å². The van der Waals surface area contributed by atoms with Crippen molar-refractivity contribution in [2.24, 2.45) is 0 Å². The lowest BCUT2D eigenvalue weighted by Gasteiger charge is -2.08. The minimum atomic E-state index is -0.506. The van der Waals surface area contributed by atoms with E-state index in [0.29, 0.717) is 0 Å². The molecule has 0 bridgehead atoms. The van der Waals surface area contributed by atoms with Crippen LogP contribution < -0.4 is 16.0 Å². The van der Waals surface area contributed by atoms with Crippen LogP contribution in [0.1, 0.15) is 16.1 Å². The van der Waals surface area contributed by atoms with E-state index >= 15 is 0 Å². The van der Waals surface area contributed by atoms with Gasteiger partial charge in [-0.1, -0.05) is 48.5 Å². The Morgan fingerprint density at radius 3 is 2.18 bits per heavy atom.